The lowest BCUT2D eigenvalue weighted by Crippen LogP contribution is -2.29. The zero-order valence-corrected chi connectivity index (χ0v) is 10.6. The van der Waals surface area contributed by atoms with Gasteiger partial charge in [-0.25, -0.2) is 4.98 Å². The van der Waals surface area contributed by atoms with E-state index >= 15 is 0 Å². The van der Waals surface area contributed by atoms with Gasteiger partial charge in [-0.1, -0.05) is 0 Å². The van der Waals surface area contributed by atoms with Crippen molar-refractivity contribution in [1.29, 1.82) is 5.26 Å². The lowest BCUT2D eigenvalue weighted by molar-refractivity contribution is 0.268. The van der Waals surface area contributed by atoms with Crippen LogP contribution in [0.2, 0.25) is 0 Å². The number of piperidine rings is 1. The zero-order chi connectivity index (χ0) is 12.6. The number of hydrogen-bond donors (Lipinski definition) is 1. The molecule has 0 spiro atoms. The summed E-state index contributed by atoms with van der Waals surface area (Å²) in [4.78, 5) is 4.09. The molecule has 0 saturated carbocycles. The molecule has 0 aliphatic carbocycles. The van der Waals surface area contributed by atoms with E-state index in [-0.39, 0.29) is 0 Å². The number of pyridine rings is 1. The summed E-state index contributed by atoms with van der Waals surface area (Å²) in [7, 11) is 0. The van der Waals surface area contributed by atoms with Gasteiger partial charge in [0.2, 0.25) is 5.88 Å². The van der Waals surface area contributed by atoms with Crippen LogP contribution in [0, 0.1) is 17.2 Å². The number of rotatable bonds is 5. The van der Waals surface area contributed by atoms with Crippen LogP contribution in [0.15, 0.2) is 18.3 Å². The molecule has 1 aromatic heterocycles. The minimum absolute atomic E-state index is 0.552. The molecule has 1 aliphatic heterocycles. The summed E-state index contributed by atoms with van der Waals surface area (Å²) in [5, 5.41) is 12.2. The van der Waals surface area contributed by atoms with E-state index in [1.54, 1.807) is 18.3 Å². The molecule has 2 rings (SSSR count). The molecule has 2 heterocycles. The maximum Gasteiger partial charge on any atom is 0.214 e. The molecule has 1 atom stereocenters. The lowest BCUT2D eigenvalue weighted by atomic mass is 9.95. The van der Waals surface area contributed by atoms with E-state index in [4.69, 9.17) is 10.00 Å². The monoisotopic (exact) mass is 245 g/mol. The molecule has 18 heavy (non-hydrogen) atoms. The first kappa shape index (κ1) is 12.8. The highest BCUT2D eigenvalue weighted by Gasteiger charge is 2.12. The molecule has 1 N–H and O–H groups in total. The largest absolute Gasteiger partial charge is 0.478 e. The van der Waals surface area contributed by atoms with Gasteiger partial charge in [0.15, 0.2) is 0 Å². The molecule has 4 heteroatoms. The Labute approximate surface area is 108 Å². The van der Waals surface area contributed by atoms with Gasteiger partial charge < -0.3 is 10.1 Å². The number of nitrogens with zero attached hydrogens (tertiary/aromatic N) is 2. The van der Waals surface area contributed by atoms with Crippen molar-refractivity contribution in [2.75, 3.05) is 19.7 Å². The van der Waals surface area contributed by atoms with Crippen molar-refractivity contribution < 1.29 is 4.74 Å². The molecule has 1 aliphatic rings. The number of nitrogens with one attached hydrogen (secondary N) is 1. The second-order valence-electron chi connectivity index (χ2n) is 4.70. The Morgan fingerprint density at radius 1 is 1.56 bits per heavy atom. The van der Waals surface area contributed by atoms with Crippen LogP contribution in [0.5, 0.6) is 5.88 Å². The van der Waals surface area contributed by atoms with Gasteiger partial charge in [0.1, 0.15) is 0 Å². The van der Waals surface area contributed by atoms with Crippen molar-refractivity contribution in [3.63, 3.8) is 0 Å². The second kappa shape index (κ2) is 6.97. The molecule has 0 bridgehead atoms. The summed E-state index contributed by atoms with van der Waals surface area (Å²) < 4.78 is 5.56. The third-order valence-corrected chi connectivity index (χ3v) is 3.27. The van der Waals surface area contributed by atoms with Crippen LogP contribution in [0.1, 0.15) is 31.2 Å². The lowest BCUT2D eigenvalue weighted by Gasteiger charge is -2.22. The number of hydrogen-bond acceptors (Lipinski definition) is 4. The van der Waals surface area contributed by atoms with Crippen LogP contribution < -0.4 is 10.1 Å². The molecule has 0 amide bonds. The average molecular weight is 245 g/mol. The van der Waals surface area contributed by atoms with Gasteiger partial charge in [-0.3, -0.25) is 0 Å². The van der Waals surface area contributed by atoms with Crippen molar-refractivity contribution in [1.82, 2.24) is 10.3 Å². The van der Waals surface area contributed by atoms with E-state index in [1.807, 2.05) is 0 Å². The number of aromatic nitrogens is 1. The summed E-state index contributed by atoms with van der Waals surface area (Å²) in [5.41, 5.74) is 0.594. The maximum absolute atomic E-state index is 8.76. The minimum atomic E-state index is 0.552. The van der Waals surface area contributed by atoms with E-state index in [0.29, 0.717) is 18.1 Å². The van der Waals surface area contributed by atoms with Crippen LogP contribution >= 0.6 is 0 Å². The topological polar surface area (TPSA) is 57.9 Å². The summed E-state index contributed by atoms with van der Waals surface area (Å²) in [6, 6.07) is 5.45. The average Bonchev–Trinajstić information content (AvgIpc) is 2.45. The fourth-order valence-electron chi connectivity index (χ4n) is 2.28. The Balaban J connectivity index is 1.67. The third-order valence-electron chi connectivity index (χ3n) is 3.27. The predicted molar refractivity (Wildman–Crippen MR) is 69.3 cm³/mol. The molecular formula is C14H19N3O. The van der Waals surface area contributed by atoms with Crippen LogP contribution in [-0.2, 0) is 0 Å². The highest BCUT2D eigenvalue weighted by atomic mass is 16.5. The zero-order valence-electron chi connectivity index (χ0n) is 10.6. The molecule has 0 radical (unpaired) electrons. The van der Waals surface area contributed by atoms with Crippen LogP contribution in [0.4, 0.5) is 0 Å². The Morgan fingerprint density at radius 2 is 2.50 bits per heavy atom. The Kier molecular flexibility index (Phi) is 4.98. The van der Waals surface area contributed by atoms with Crippen molar-refractivity contribution in [3.05, 3.63) is 23.9 Å². The van der Waals surface area contributed by atoms with Gasteiger partial charge in [-0.05, 0) is 50.8 Å². The number of nitriles is 1. The van der Waals surface area contributed by atoms with Gasteiger partial charge in [-0.2, -0.15) is 5.26 Å². The van der Waals surface area contributed by atoms with Crippen LogP contribution in [0.25, 0.3) is 0 Å². The van der Waals surface area contributed by atoms with Crippen molar-refractivity contribution in [2.45, 2.75) is 25.7 Å². The molecule has 1 saturated heterocycles. The normalized spacial score (nSPS) is 19.2. The first-order valence-electron chi connectivity index (χ1n) is 6.58. The molecule has 4 nitrogen and oxygen atoms in total. The van der Waals surface area contributed by atoms with Gasteiger partial charge in [-0.15, -0.1) is 0 Å². The smallest absolute Gasteiger partial charge is 0.214 e. The quantitative estimate of drug-likeness (QED) is 0.807. The second-order valence-corrected chi connectivity index (χ2v) is 4.70. The Morgan fingerprint density at radius 3 is 3.28 bits per heavy atom. The molecule has 0 aromatic carbocycles. The van der Waals surface area contributed by atoms with E-state index in [0.717, 1.165) is 25.4 Å². The van der Waals surface area contributed by atoms with E-state index in [9.17, 15) is 0 Å². The fourth-order valence-corrected chi connectivity index (χ4v) is 2.28. The Hall–Kier alpha value is -1.60. The molecular weight excluding hydrogens is 226 g/mol. The summed E-state index contributed by atoms with van der Waals surface area (Å²) in [6.07, 6.45) is 6.47. The highest BCUT2D eigenvalue weighted by molar-refractivity contribution is 5.31. The third kappa shape index (κ3) is 4.01. The maximum atomic E-state index is 8.76. The fraction of sp³-hybridized carbons (Fsp3) is 0.571. The summed E-state index contributed by atoms with van der Waals surface area (Å²) in [6.45, 7) is 2.98. The van der Waals surface area contributed by atoms with Crippen LogP contribution in [0.3, 0.4) is 0 Å². The van der Waals surface area contributed by atoms with Crippen LogP contribution in [-0.4, -0.2) is 24.7 Å². The van der Waals surface area contributed by atoms with Crippen molar-refractivity contribution >= 4 is 0 Å². The predicted octanol–water partition coefficient (Wildman–Crippen LogP) is 2.11. The van der Waals surface area contributed by atoms with E-state index < -0.39 is 0 Å². The first-order chi connectivity index (χ1) is 8.88. The minimum Gasteiger partial charge on any atom is -0.478 e. The van der Waals surface area contributed by atoms with E-state index in [1.165, 1.54) is 19.3 Å². The van der Waals surface area contributed by atoms with Crippen molar-refractivity contribution in [2.24, 2.45) is 5.92 Å². The van der Waals surface area contributed by atoms with E-state index in [2.05, 4.69) is 16.4 Å². The van der Waals surface area contributed by atoms with Gasteiger partial charge in [0.25, 0.3) is 0 Å². The van der Waals surface area contributed by atoms with Crippen molar-refractivity contribution in [3.8, 4) is 11.9 Å². The SMILES string of the molecule is N#Cc1ccnc(OCCC[C@H]2CCCNC2)c1. The standard InChI is InChI=1S/C14H19N3O/c15-10-13-5-7-17-14(9-13)18-8-2-4-12-3-1-6-16-11-12/h5,7,9,12,16H,1-4,6,8,11H2/t12-/m1/s1. The van der Waals surface area contributed by atoms with Gasteiger partial charge in [0.05, 0.1) is 18.2 Å². The first-order valence-corrected chi connectivity index (χ1v) is 6.58. The summed E-state index contributed by atoms with van der Waals surface area (Å²) in [5.74, 6) is 1.34. The molecule has 0 unspecified atom stereocenters. The summed E-state index contributed by atoms with van der Waals surface area (Å²) >= 11 is 0. The molecule has 1 aromatic rings. The molecule has 1 fully saturated rings. The molecule has 96 valence electrons. The van der Waals surface area contributed by atoms with Gasteiger partial charge in [0, 0.05) is 12.3 Å². The highest BCUT2D eigenvalue weighted by Crippen LogP contribution is 2.16. The Bertz CT molecular complexity index is 408. The number of ether oxygens (including phenoxy) is 1. The van der Waals surface area contributed by atoms with Gasteiger partial charge >= 0.3 is 0 Å².